The zero-order chi connectivity index (χ0) is 28.0. The molecule has 0 N–H and O–H groups in total. The van der Waals surface area contributed by atoms with E-state index in [9.17, 15) is 14.4 Å². The summed E-state index contributed by atoms with van der Waals surface area (Å²) >= 11 is 0. The number of amides is 2. The minimum atomic E-state index is -0.565. The fraction of sp³-hybridized carbons (Fsp3) is 0.531. The molecule has 2 aromatic carbocycles. The number of nitrogens with zero attached hydrogens (tertiary/aromatic N) is 2. The standard InChI is InChI=1S/C32H42N2O5/c1-5-38-30(36)26-15-13-23(14-16-26)10-9-18-33-19-17-24(20-29(33)35)22-34(31(37)39-32(2,3)4)28-21-27(28)25-11-7-6-8-12-25/h6-8,11-16,24,27-28H,5,9-10,17-22H2,1-4H3/t24?,27-,28?/m1/s1. The summed E-state index contributed by atoms with van der Waals surface area (Å²) in [5.74, 6) is 0.304. The van der Waals surface area contributed by atoms with Gasteiger partial charge in [0.05, 0.1) is 12.2 Å². The minimum absolute atomic E-state index is 0.116. The van der Waals surface area contributed by atoms with Crippen LogP contribution in [0.25, 0.3) is 0 Å². The van der Waals surface area contributed by atoms with E-state index in [1.165, 1.54) is 5.56 Å². The quantitative estimate of drug-likeness (QED) is 0.359. The molecule has 0 aromatic heterocycles. The average molecular weight is 535 g/mol. The van der Waals surface area contributed by atoms with Crippen molar-refractivity contribution in [2.45, 2.75) is 77.4 Å². The fourth-order valence-corrected chi connectivity index (χ4v) is 5.36. The Kier molecular flexibility index (Phi) is 9.31. The summed E-state index contributed by atoms with van der Waals surface area (Å²) in [7, 11) is 0. The Morgan fingerprint density at radius 2 is 1.77 bits per heavy atom. The van der Waals surface area contributed by atoms with Gasteiger partial charge in [0.25, 0.3) is 0 Å². The lowest BCUT2D eigenvalue weighted by Gasteiger charge is -2.35. The van der Waals surface area contributed by atoms with E-state index in [4.69, 9.17) is 9.47 Å². The molecule has 39 heavy (non-hydrogen) atoms. The smallest absolute Gasteiger partial charge is 0.410 e. The lowest BCUT2D eigenvalue weighted by molar-refractivity contribution is -0.135. The summed E-state index contributed by atoms with van der Waals surface area (Å²) in [6.07, 6.45) is 3.68. The number of carbonyl (C=O) groups excluding carboxylic acids is 3. The van der Waals surface area contributed by atoms with Crippen molar-refractivity contribution in [3.8, 4) is 0 Å². The van der Waals surface area contributed by atoms with Gasteiger partial charge in [0.1, 0.15) is 5.60 Å². The van der Waals surface area contributed by atoms with Crippen molar-refractivity contribution in [3.05, 3.63) is 71.3 Å². The summed E-state index contributed by atoms with van der Waals surface area (Å²) in [5.41, 5.74) is 2.37. The van der Waals surface area contributed by atoms with Gasteiger partial charge in [0.15, 0.2) is 0 Å². The Labute approximate surface area is 232 Å². The van der Waals surface area contributed by atoms with Crippen LogP contribution in [0.2, 0.25) is 0 Å². The molecule has 0 spiro atoms. The molecule has 1 aliphatic heterocycles. The highest BCUT2D eigenvalue weighted by atomic mass is 16.6. The minimum Gasteiger partial charge on any atom is -0.462 e. The molecule has 0 bridgehead atoms. The molecular weight excluding hydrogens is 492 g/mol. The first-order valence-corrected chi connectivity index (χ1v) is 14.2. The van der Waals surface area contributed by atoms with Gasteiger partial charge in [-0.3, -0.25) is 4.79 Å². The number of piperidine rings is 1. The number of ether oxygens (including phenoxy) is 2. The molecule has 210 valence electrons. The molecule has 1 heterocycles. The van der Waals surface area contributed by atoms with E-state index < -0.39 is 5.60 Å². The van der Waals surface area contributed by atoms with E-state index in [1.54, 1.807) is 19.1 Å². The first kappa shape index (κ1) is 28.7. The molecule has 1 saturated carbocycles. The van der Waals surface area contributed by atoms with Crippen molar-refractivity contribution in [1.29, 1.82) is 0 Å². The van der Waals surface area contributed by atoms with Crippen LogP contribution in [0.4, 0.5) is 4.79 Å². The van der Waals surface area contributed by atoms with Gasteiger partial charge in [-0.1, -0.05) is 42.5 Å². The topological polar surface area (TPSA) is 76.2 Å². The number of hydrogen-bond donors (Lipinski definition) is 0. The third-order valence-electron chi connectivity index (χ3n) is 7.45. The van der Waals surface area contributed by atoms with Crippen molar-refractivity contribution in [3.63, 3.8) is 0 Å². The van der Waals surface area contributed by atoms with Crippen LogP contribution in [0.5, 0.6) is 0 Å². The van der Waals surface area contributed by atoms with Gasteiger partial charge in [-0.15, -0.1) is 0 Å². The van der Waals surface area contributed by atoms with E-state index in [2.05, 4.69) is 12.1 Å². The Hall–Kier alpha value is -3.35. The number of esters is 1. The van der Waals surface area contributed by atoms with Crippen LogP contribution in [0.15, 0.2) is 54.6 Å². The third-order valence-corrected chi connectivity index (χ3v) is 7.45. The Bertz CT molecular complexity index is 1130. The molecule has 3 atom stereocenters. The van der Waals surface area contributed by atoms with E-state index in [0.29, 0.717) is 44.1 Å². The van der Waals surface area contributed by atoms with Crippen molar-refractivity contribution in [1.82, 2.24) is 9.80 Å². The predicted molar refractivity (Wildman–Crippen MR) is 151 cm³/mol. The zero-order valence-electron chi connectivity index (χ0n) is 23.7. The molecule has 0 radical (unpaired) electrons. The van der Waals surface area contributed by atoms with Gasteiger partial charge in [-0.25, -0.2) is 9.59 Å². The highest BCUT2D eigenvalue weighted by molar-refractivity contribution is 5.89. The van der Waals surface area contributed by atoms with Crippen LogP contribution in [-0.4, -0.2) is 65.7 Å². The molecule has 1 aliphatic carbocycles. The maximum Gasteiger partial charge on any atom is 0.410 e. The van der Waals surface area contributed by atoms with E-state index in [1.807, 2.05) is 60.9 Å². The first-order valence-electron chi connectivity index (χ1n) is 14.2. The predicted octanol–water partition coefficient (Wildman–Crippen LogP) is 5.83. The zero-order valence-corrected chi connectivity index (χ0v) is 23.7. The second kappa shape index (κ2) is 12.7. The van der Waals surface area contributed by atoms with Crippen molar-refractivity contribution >= 4 is 18.0 Å². The number of hydrogen-bond acceptors (Lipinski definition) is 5. The lowest BCUT2D eigenvalue weighted by atomic mass is 9.95. The van der Waals surface area contributed by atoms with Crippen LogP contribution in [0.1, 0.15) is 80.8 Å². The normalized spacial score (nSPS) is 20.9. The van der Waals surface area contributed by atoms with E-state index >= 15 is 0 Å². The highest BCUT2D eigenvalue weighted by Gasteiger charge is 2.47. The van der Waals surface area contributed by atoms with E-state index in [-0.39, 0.29) is 29.9 Å². The molecule has 7 nitrogen and oxygen atoms in total. The van der Waals surface area contributed by atoms with Crippen LogP contribution < -0.4 is 0 Å². The summed E-state index contributed by atoms with van der Waals surface area (Å²) in [5, 5.41) is 0. The van der Waals surface area contributed by atoms with Crippen molar-refractivity contribution in [2.75, 3.05) is 26.2 Å². The van der Waals surface area contributed by atoms with Gasteiger partial charge >= 0.3 is 12.1 Å². The number of carbonyl (C=O) groups is 3. The van der Waals surface area contributed by atoms with Gasteiger partial charge in [-0.05, 0) is 82.6 Å². The molecule has 2 amide bonds. The monoisotopic (exact) mass is 534 g/mol. The Morgan fingerprint density at radius 3 is 2.41 bits per heavy atom. The molecule has 2 aliphatic rings. The molecule has 2 aromatic rings. The number of aryl methyl sites for hydroxylation is 1. The number of rotatable bonds is 10. The number of benzene rings is 2. The highest BCUT2D eigenvalue weighted by Crippen LogP contribution is 2.45. The summed E-state index contributed by atoms with van der Waals surface area (Å²) in [6.45, 7) is 9.79. The van der Waals surface area contributed by atoms with Gasteiger partial charge in [0.2, 0.25) is 5.91 Å². The van der Waals surface area contributed by atoms with Crippen LogP contribution in [0, 0.1) is 5.92 Å². The molecule has 7 heteroatoms. The number of likely N-dealkylation sites (tertiary alicyclic amines) is 1. The molecule has 2 fully saturated rings. The second-order valence-corrected chi connectivity index (χ2v) is 11.7. The maximum absolute atomic E-state index is 13.2. The molecule has 2 unspecified atom stereocenters. The lowest BCUT2D eigenvalue weighted by Crippen LogP contribution is -2.46. The van der Waals surface area contributed by atoms with Crippen LogP contribution >= 0.6 is 0 Å². The van der Waals surface area contributed by atoms with Gasteiger partial charge in [-0.2, -0.15) is 0 Å². The van der Waals surface area contributed by atoms with Crippen molar-refractivity contribution in [2.24, 2.45) is 5.92 Å². The first-order chi connectivity index (χ1) is 18.6. The Balaban J connectivity index is 1.28. The maximum atomic E-state index is 13.2. The third kappa shape index (κ3) is 8.07. The average Bonchev–Trinajstić information content (AvgIpc) is 3.69. The van der Waals surface area contributed by atoms with Crippen molar-refractivity contribution < 1.29 is 23.9 Å². The summed E-state index contributed by atoms with van der Waals surface area (Å²) in [4.78, 5) is 41.9. The molecular formula is C32H42N2O5. The largest absolute Gasteiger partial charge is 0.462 e. The molecule has 1 saturated heterocycles. The fourth-order valence-electron chi connectivity index (χ4n) is 5.36. The summed E-state index contributed by atoms with van der Waals surface area (Å²) < 4.78 is 10.8. The van der Waals surface area contributed by atoms with Crippen LogP contribution in [0.3, 0.4) is 0 Å². The SMILES string of the molecule is CCOC(=O)c1ccc(CCCN2CCC(CN(C(=O)OC(C)(C)C)C3C[C@@H]3c3ccccc3)CC2=O)cc1. The Morgan fingerprint density at radius 1 is 1.05 bits per heavy atom. The molecule has 4 rings (SSSR count). The van der Waals surface area contributed by atoms with Gasteiger partial charge < -0.3 is 19.3 Å². The summed E-state index contributed by atoms with van der Waals surface area (Å²) in [6, 6.07) is 17.9. The van der Waals surface area contributed by atoms with Crippen LogP contribution in [-0.2, 0) is 20.7 Å². The van der Waals surface area contributed by atoms with E-state index in [0.717, 1.165) is 31.2 Å². The second-order valence-electron chi connectivity index (χ2n) is 11.7. The van der Waals surface area contributed by atoms with Gasteiger partial charge in [0, 0.05) is 38.0 Å².